The lowest BCUT2D eigenvalue weighted by atomic mass is 9.98. The molecule has 0 amide bonds. The van der Waals surface area contributed by atoms with Crippen LogP contribution in [0.1, 0.15) is 26.2 Å². The Kier molecular flexibility index (Phi) is 7.54. The molecule has 1 atom stereocenters. The first-order valence-electron chi connectivity index (χ1n) is 13.0. The Morgan fingerprint density at radius 1 is 1.00 bits per heavy atom. The zero-order valence-electron chi connectivity index (χ0n) is 21.5. The number of para-hydroxylation sites is 1. The Bertz CT molecular complexity index is 1280. The van der Waals surface area contributed by atoms with Crippen molar-refractivity contribution < 1.29 is 9.15 Å². The maximum atomic E-state index is 6.50. The summed E-state index contributed by atoms with van der Waals surface area (Å²) in [7, 11) is 4.02. The summed E-state index contributed by atoms with van der Waals surface area (Å²) >= 11 is 0. The predicted molar refractivity (Wildman–Crippen MR) is 147 cm³/mol. The molecular formula is C30H36N4O2. The summed E-state index contributed by atoms with van der Waals surface area (Å²) in [6.07, 6.45) is 5.70. The SMILES string of the molecule is CC(Oc1ccccc1-c1oc2nccc(NCCN3CCCCC3)c2c1-c1ccccc1)N(C)C. The molecule has 1 aliphatic rings. The molecule has 2 aromatic carbocycles. The van der Waals surface area contributed by atoms with Gasteiger partial charge in [0.15, 0.2) is 0 Å². The number of rotatable bonds is 9. The van der Waals surface area contributed by atoms with Gasteiger partial charge in [0.05, 0.1) is 10.9 Å². The molecule has 1 fully saturated rings. The highest BCUT2D eigenvalue weighted by Gasteiger charge is 2.24. The van der Waals surface area contributed by atoms with Gasteiger partial charge in [-0.1, -0.05) is 48.9 Å². The number of fused-ring (bicyclic) bond motifs is 1. The first-order chi connectivity index (χ1) is 17.6. The number of pyridine rings is 1. The molecule has 2 aromatic heterocycles. The number of nitrogens with zero attached hydrogens (tertiary/aromatic N) is 3. The number of piperidine rings is 1. The number of nitrogens with one attached hydrogen (secondary N) is 1. The maximum absolute atomic E-state index is 6.50. The van der Waals surface area contributed by atoms with Crippen LogP contribution in [0.25, 0.3) is 33.6 Å². The van der Waals surface area contributed by atoms with E-state index >= 15 is 0 Å². The molecule has 0 spiro atoms. The number of benzene rings is 2. The monoisotopic (exact) mass is 484 g/mol. The predicted octanol–water partition coefficient (Wildman–Crippen LogP) is 6.35. The Hall–Kier alpha value is -3.35. The Labute approximate surface area is 213 Å². The van der Waals surface area contributed by atoms with Crippen molar-refractivity contribution in [2.75, 3.05) is 45.6 Å². The summed E-state index contributed by atoms with van der Waals surface area (Å²) in [4.78, 5) is 9.21. The lowest BCUT2D eigenvalue weighted by Gasteiger charge is -2.26. The van der Waals surface area contributed by atoms with Crippen LogP contribution < -0.4 is 10.1 Å². The Balaban J connectivity index is 1.57. The van der Waals surface area contributed by atoms with E-state index in [1.807, 2.05) is 56.4 Å². The van der Waals surface area contributed by atoms with Crippen molar-refractivity contribution in [2.45, 2.75) is 32.4 Å². The van der Waals surface area contributed by atoms with Crippen molar-refractivity contribution in [2.24, 2.45) is 0 Å². The molecule has 188 valence electrons. The second kappa shape index (κ2) is 11.1. The van der Waals surface area contributed by atoms with E-state index in [1.165, 1.54) is 32.4 Å². The van der Waals surface area contributed by atoms with Crippen molar-refractivity contribution in [3.05, 3.63) is 66.9 Å². The van der Waals surface area contributed by atoms with Crippen LogP contribution in [0.5, 0.6) is 5.75 Å². The van der Waals surface area contributed by atoms with Crippen LogP contribution in [0, 0.1) is 0 Å². The third-order valence-electron chi connectivity index (χ3n) is 7.00. The molecule has 0 aliphatic carbocycles. The fourth-order valence-electron chi connectivity index (χ4n) is 4.82. The number of aromatic nitrogens is 1. The van der Waals surface area contributed by atoms with Crippen LogP contribution >= 0.6 is 0 Å². The summed E-state index contributed by atoms with van der Waals surface area (Å²) in [5.74, 6) is 1.56. The van der Waals surface area contributed by atoms with Crippen molar-refractivity contribution in [1.82, 2.24) is 14.8 Å². The molecule has 1 N–H and O–H groups in total. The van der Waals surface area contributed by atoms with Gasteiger partial charge >= 0.3 is 0 Å². The second-order valence-corrected chi connectivity index (χ2v) is 9.72. The van der Waals surface area contributed by atoms with Crippen molar-refractivity contribution in [3.63, 3.8) is 0 Å². The van der Waals surface area contributed by atoms with Crippen LogP contribution in [0.3, 0.4) is 0 Å². The van der Waals surface area contributed by atoms with E-state index < -0.39 is 0 Å². The summed E-state index contributed by atoms with van der Waals surface area (Å²) < 4.78 is 12.8. The number of anilines is 1. The van der Waals surface area contributed by atoms with Gasteiger partial charge < -0.3 is 19.4 Å². The molecular weight excluding hydrogens is 448 g/mol. The fourth-order valence-corrected chi connectivity index (χ4v) is 4.82. The third kappa shape index (κ3) is 5.25. The summed E-state index contributed by atoms with van der Waals surface area (Å²) in [5, 5.41) is 4.70. The quantitative estimate of drug-likeness (QED) is 0.280. The van der Waals surface area contributed by atoms with E-state index in [2.05, 4.69) is 51.6 Å². The molecule has 1 saturated heterocycles. The normalized spacial score (nSPS) is 15.3. The highest BCUT2D eigenvalue weighted by Crippen LogP contribution is 2.45. The topological polar surface area (TPSA) is 53.8 Å². The lowest BCUT2D eigenvalue weighted by molar-refractivity contribution is 0.0820. The smallest absolute Gasteiger partial charge is 0.229 e. The van der Waals surface area contributed by atoms with E-state index in [1.54, 1.807) is 0 Å². The zero-order chi connectivity index (χ0) is 24.9. The molecule has 3 heterocycles. The second-order valence-electron chi connectivity index (χ2n) is 9.72. The van der Waals surface area contributed by atoms with Crippen LogP contribution in [0.4, 0.5) is 5.69 Å². The van der Waals surface area contributed by atoms with Crippen LogP contribution in [0.2, 0.25) is 0 Å². The first-order valence-corrected chi connectivity index (χ1v) is 13.0. The van der Waals surface area contributed by atoms with Gasteiger partial charge in [-0.25, -0.2) is 4.98 Å². The Morgan fingerprint density at radius 3 is 2.53 bits per heavy atom. The van der Waals surface area contributed by atoms with E-state index in [9.17, 15) is 0 Å². The van der Waals surface area contributed by atoms with Gasteiger partial charge in [0.25, 0.3) is 0 Å². The standard InChI is InChI=1S/C30H36N4O2/c1-22(33(2)3)35-26-15-9-8-14-24(26)29-27(23-12-6-4-7-13-23)28-25(16-17-32-30(28)36-29)31-18-21-34-19-10-5-11-20-34/h4,6-9,12-17,22H,5,10-11,18-21H2,1-3H3,(H,31,32). The van der Waals surface area contributed by atoms with Crippen molar-refractivity contribution >= 4 is 16.8 Å². The molecule has 36 heavy (non-hydrogen) atoms. The zero-order valence-corrected chi connectivity index (χ0v) is 21.5. The van der Waals surface area contributed by atoms with Gasteiger partial charge in [0, 0.05) is 30.5 Å². The van der Waals surface area contributed by atoms with Gasteiger partial charge in [-0.05, 0) is 70.7 Å². The average Bonchev–Trinajstić information content (AvgIpc) is 3.30. The first kappa shape index (κ1) is 24.3. The summed E-state index contributed by atoms with van der Waals surface area (Å²) in [6.45, 7) is 6.35. The third-order valence-corrected chi connectivity index (χ3v) is 7.00. The summed E-state index contributed by atoms with van der Waals surface area (Å²) in [5.41, 5.74) is 4.72. The summed E-state index contributed by atoms with van der Waals surface area (Å²) in [6, 6.07) is 20.6. The lowest BCUT2D eigenvalue weighted by Crippen LogP contribution is -2.33. The van der Waals surface area contributed by atoms with E-state index in [0.717, 1.165) is 52.4 Å². The molecule has 0 radical (unpaired) electrons. The van der Waals surface area contributed by atoms with E-state index in [-0.39, 0.29) is 6.23 Å². The number of hydrogen-bond donors (Lipinski definition) is 1. The molecule has 5 rings (SSSR count). The number of furan rings is 1. The fraction of sp³-hybridized carbons (Fsp3) is 0.367. The van der Waals surface area contributed by atoms with E-state index in [4.69, 9.17) is 9.15 Å². The van der Waals surface area contributed by atoms with Gasteiger partial charge in [-0.15, -0.1) is 0 Å². The molecule has 6 nitrogen and oxygen atoms in total. The largest absolute Gasteiger partial charge is 0.475 e. The van der Waals surface area contributed by atoms with Gasteiger partial charge in [0.2, 0.25) is 5.71 Å². The Morgan fingerprint density at radius 2 is 1.75 bits per heavy atom. The molecule has 1 aliphatic heterocycles. The van der Waals surface area contributed by atoms with Gasteiger partial charge in [-0.2, -0.15) is 0 Å². The van der Waals surface area contributed by atoms with Gasteiger partial charge in [-0.3, -0.25) is 4.90 Å². The number of likely N-dealkylation sites (tertiary alicyclic amines) is 1. The minimum absolute atomic E-state index is 0.0826. The van der Waals surface area contributed by atoms with Crippen molar-refractivity contribution in [3.8, 4) is 28.2 Å². The highest BCUT2D eigenvalue weighted by atomic mass is 16.5. The highest BCUT2D eigenvalue weighted by molar-refractivity contribution is 6.07. The number of ether oxygens (including phenoxy) is 1. The molecule has 1 unspecified atom stereocenters. The van der Waals surface area contributed by atoms with E-state index in [0.29, 0.717) is 5.71 Å². The van der Waals surface area contributed by atoms with Crippen LogP contribution in [0.15, 0.2) is 71.3 Å². The molecule has 0 bridgehead atoms. The maximum Gasteiger partial charge on any atom is 0.229 e. The molecule has 6 heteroatoms. The average molecular weight is 485 g/mol. The molecule has 0 saturated carbocycles. The van der Waals surface area contributed by atoms with Crippen LogP contribution in [-0.4, -0.2) is 61.3 Å². The molecule has 4 aromatic rings. The van der Waals surface area contributed by atoms with Crippen LogP contribution in [-0.2, 0) is 0 Å². The minimum Gasteiger partial charge on any atom is -0.475 e. The van der Waals surface area contributed by atoms with Crippen molar-refractivity contribution in [1.29, 1.82) is 0 Å². The number of hydrogen-bond acceptors (Lipinski definition) is 6. The van der Waals surface area contributed by atoms with Gasteiger partial charge in [0.1, 0.15) is 17.7 Å². The minimum atomic E-state index is -0.0826.